The van der Waals surface area contributed by atoms with Crippen LogP contribution in [0.15, 0.2) is 0 Å². The molecular weight excluding hydrogens is 139 g/mol. The number of rotatable bonds is 1. The molecule has 2 fully saturated rings. The summed E-state index contributed by atoms with van der Waals surface area (Å²) < 4.78 is 13.8. The number of halogens is 1. The molecule has 1 spiro atoms. The van der Waals surface area contributed by atoms with Crippen LogP contribution in [0.25, 0.3) is 0 Å². The van der Waals surface area contributed by atoms with E-state index in [1.54, 1.807) is 6.92 Å². The predicted octanol–water partition coefficient (Wildman–Crippen LogP) is 3.17. The fraction of sp³-hybridized carbons (Fsp3) is 1.00. The van der Waals surface area contributed by atoms with E-state index in [0.29, 0.717) is 11.8 Å². The quantitative estimate of drug-likeness (QED) is 0.547. The summed E-state index contributed by atoms with van der Waals surface area (Å²) in [6.45, 7) is 6.10. The lowest BCUT2D eigenvalue weighted by atomic mass is 9.77. The third-order valence-corrected chi connectivity index (χ3v) is 3.98. The molecule has 64 valence electrons. The zero-order valence-corrected chi connectivity index (χ0v) is 7.65. The van der Waals surface area contributed by atoms with Crippen molar-refractivity contribution in [2.75, 3.05) is 0 Å². The Kier molecular flexibility index (Phi) is 1.24. The van der Waals surface area contributed by atoms with Crippen molar-refractivity contribution in [1.29, 1.82) is 0 Å². The molecule has 0 aromatic heterocycles. The van der Waals surface area contributed by atoms with Gasteiger partial charge in [-0.2, -0.15) is 0 Å². The van der Waals surface area contributed by atoms with Crippen molar-refractivity contribution in [3.8, 4) is 0 Å². The second kappa shape index (κ2) is 1.81. The SMILES string of the molecule is CC(C)C1C(C)(F)C12CCC2. The van der Waals surface area contributed by atoms with Crippen LogP contribution in [0, 0.1) is 17.3 Å². The third-order valence-electron chi connectivity index (χ3n) is 3.98. The van der Waals surface area contributed by atoms with Gasteiger partial charge in [0.15, 0.2) is 0 Å². The zero-order valence-electron chi connectivity index (χ0n) is 7.65. The van der Waals surface area contributed by atoms with Crippen LogP contribution in [-0.4, -0.2) is 5.67 Å². The molecule has 0 heterocycles. The molecule has 0 saturated heterocycles. The average molecular weight is 156 g/mol. The van der Waals surface area contributed by atoms with E-state index in [1.807, 2.05) is 0 Å². The van der Waals surface area contributed by atoms with Crippen molar-refractivity contribution in [3.05, 3.63) is 0 Å². The van der Waals surface area contributed by atoms with Gasteiger partial charge in [-0.05, 0) is 25.7 Å². The van der Waals surface area contributed by atoms with Crippen LogP contribution >= 0.6 is 0 Å². The van der Waals surface area contributed by atoms with Crippen molar-refractivity contribution >= 4 is 0 Å². The number of hydrogen-bond acceptors (Lipinski definition) is 0. The van der Waals surface area contributed by atoms with Gasteiger partial charge < -0.3 is 0 Å². The predicted molar refractivity (Wildman–Crippen MR) is 44.1 cm³/mol. The first kappa shape index (κ1) is 7.57. The molecule has 2 atom stereocenters. The molecule has 2 rings (SSSR count). The van der Waals surface area contributed by atoms with Gasteiger partial charge in [0.2, 0.25) is 0 Å². The Labute approximate surface area is 68.2 Å². The van der Waals surface area contributed by atoms with Crippen LogP contribution in [0.2, 0.25) is 0 Å². The van der Waals surface area contributed by atoms with E-state index < -0.39 is 5.67 Å². The number of hydrogen-bond donors (Lipinski definition) is 0. The van der Waals surface area contributed by atoms with Crippen molar-refractivity contribution in [3.63, 3.8) is 0 Å². The Hall–Kier alpha value is -0.0700. The molecule has 2 unspecified atom stereocenters. The van der Waals surface area contributed by atoms with Gasteiger partial charge in [-0.25, -0.2) is 4.39 Å². The van der Waals surface area contributed by atoms with Crippen molar-refractivity contribution < 1.29 is 4.39 Å². The van der Waals surface area contributed by atoms with E-state index in [4.69, 9.17) is 0 Å². The molecule has 2 saturated carbocycles. The van der Waals surface area contributed by atoms with Crippen molar-refractivity contribution in [1.82, 2.24) is 0 Å². The molecule has 0 bridgehead atoms. The van der Waals surface area contributed by atoms with Gasteiger partial charge in [0.25, 0.3) is 0 Å². The maximum absolute atomic E-state index is 13.8. The molecular formula is C10H17F. The van der Waals surface area contributed by atoms with Crippen LogP contribution in [0.1, 0.15) is 40.0 Å². The maximum atomic E-state index is 13.8. The second-order valence-electron chi connectivity index (χ2n) is 4.81. The minimum Gasteiger partial charge on any atom is -0.243 e. The third kappa shape index (κ3) is 0.653. The lowest BCUT2D eigenvalue weighted by Crippen LogP contribution is -2.21. The minimum absolute atomic E-state index is 0.140. The molecule has 0 N–H and O–H groups in total. The Balaban J connectivity index is 2.15. The number of alkyl halides is 1. The van der Waals surface area contributed by atoms with Crippen LogP contribution in [0.3, 0.4) is 0 Å². The molecule has 0 nitrogen and oxygen atoms in total. The van der Waals surface area contributed by atoms with Gasteiger partial charge in [0.05, 0.1) is 0 Å². The van der Waals surface area contributed by atoms with Crippen LogP contribution in [-0.2, 0) is 0 Å². The molecule has 11 heavy (non-hydrogen) atoms. The van der Waals surface area contributed by atoms with E-state index in [1.165, 1.54) is 6.42 Å². The van der Waals surface area contributed by atoms with Gasteiger partial charge in [-0.3, -0.25) is 0 Å². The molecule has 0 amide bonds. The topological polar surface area (TPSA) is 0 Å². The summed E-state index contributed by atoms with van der Waals surface area (Å²) in [7, 11) is 0. The molecule has 0 radical (unpaired) electrons. The standard InChI is InChI=1S/C10H17F/c1-7(2)8-9(3,11)10(8)5-4-6-10/h7-8H,4-6H2,1-3H3. The first-order valence-electron chi connectivity index (χ1n) is 4.71. The largest absolute Gasteiger partial charge is 0.243 e. The zero-order chi connectivity index (χ0) is 8.28. The van der Waals surface area contributed by atoms with Crippen molar-refractivity contribution in [2.45, 2.75) is 45.7 Å². The summed E-state index contributed by atoms with van der Waals surface area (Å²) in [6, 6.07) is 0. The highest BCUT2D eigenvalue weighted by Crippen LogP contribution is 2.76. The Morgan fingerprint density at radius 1 is 1.36 bits per heavy atom. The minimum atomic E-state index is -0.820. The molecule has 0 aliphatic heterocycles. The molecule has 2 aliphatic carbocycles. The van der Waals surface area contributed by atoms with Crippen molar-refractivity contribution in [2.24, 2.45) is 17.3 Å². The van der Waals surface area contributed by atoms with Crippen LogP contribution in [0.5, 0.6) is 0 Å². The lowest BCUT2D eigenvalue weighted by molar-refractivity contribution is 0.162. The highest BCUT2D eigenvalue weighted by atomic mass is 19.1. The van der Waals surface area contributed by atoms with Crippen LogP contribution < -0.4 is 0 Å². The molecule has 0 aromatic carbocycles. The molecule has 2 aliphatic rings. The van der Waals surface area contributed by atoms with E-state index in [9.17, 15) is 4.39 Å². The summed E-state index contributed by atoms with van der Waals surface area (Å²) in [5, 5.41) is 0. The van der Waals surface area contributed by atoms with E-state index >= 15 is 0 Å². The van der Waals surface area contributed by atoms with Crippen LogP contribution in [0.4, 0.5) is 4.39 Å². The average Bonchev–Trinajstić information content (AvgIpc) is 2.25. The summed E-state index contributed by atoms with van der Waals surface area (Å²) in [4.78, 5) is 0. The smallest absolute Gasteiger partial charge is 0.117 e. The molecule has 0 aromatic rings. The van der Waals surface area contributed by atoms with Gasteiger partial charge in [0, 0.05) is 11.3 Å². The Bertz CT molecular complexity index is 177. The van der Waals surface area contributed by atoms with Gasteiger partial charge >= 0.3 is 0 Å². The van der Waals surface area contributed by atoms with Gasteiger partial charge in [0.1, 0.15) is 5.67 Å². The van der Waals surface area contributed by atoms with Gasteiger partial charge in [-0.15, -0.1) is 0 Å². The fourth-order valence-electron chi connectivity index (χ4n) is 3.39. The first-order valence-corrected chi connectivity index (χ1v) is 4.71. The summed E-state index contributed by atoms with van der Waals surface area (Å²) in [5.74, 6) is 0.897. The Morgan fingerprint density at radius 3 is 2.00 bits per heavy atom. The summed E-state index contributed by atoms with van der Waals surface area (Å²) in [6.07, 6.45) is 3.54. The van der Waals surface area contributed by atoms with E-state index in [0.717, 1.165) is 12.8 Å². The lowest BCUT2D eigenvalue weighted by Gasteiger charge is -2.28. The highest BCUT2D eigenvalue weighted by Gasteiger charge is 2.77. The first-order chi connectivity index (χ1) is 5.02. The fourth-order valence-corrected chi connectivity index (χ4v) is 3.39. The Morgan fingerprint density at radius 2 is 1.91 bits per heavy atom. The summed E-state index contributed by atoms with van der Waals surface area (Å²) in [5.41, 5.74) is -0.680. The van der Waals surface area contributed by atoms with E-state index in [-0.39, 0.29) is 5.41 Å². The second-order valence-corrected chi connectivity index (χ2v) is 4.81. The molecule has 1 heteroatoms. The van der Waals surface area contributed by atoms with Gasteiger partial charge in [-0.1, -0.05) is 20.3 Å². The monoisotopic (exact) mass is 156 g/mol. The van der Waals surface area contributed by atoms with E-state index in [2.05, 4.69) is 13.8 Å². The highest BCUT2D eigenvalue weighted by molar-refractivity contribution is 5.25. The summed E-state index contributed by atoms with van der Waals surface area (Å²) >= 11 is 0. The maximum Gasteiger partial charge on any atom is 0.117 e. The normalized spacial score (nSPS) is 46.1.